The molecule has 0 aliphatic rings. The van der Waals surface area contributed by atoms with E-state index in [0.717, 1.165) is 11.3 Å². The van der Waals surface area contributed by atoms with Crippen LogP contribution in [0.25, 0.3) is 0 Å². The molecule has 1 rings (SSSR count). The molecule has 0 saturated heterocycles. The first kappa shape index (κ1) is 11.5. The first-order valence-electron chi connectivity index (χ1n) is 5.00. The Kier molecular flexibility index (Phi) is 4.12. The van der Waals surface area contributed by atoms with Crippen molar-refractivity contribution in [3.8, 4) is 0 Å². The molecule has 3 N–H and O–H groups in total. The highest BCUT2D eigenvalue weighted by Crippen LogP contribution is 2.18. The monoisotopic (exact) mass is 207 g/mol. The van der Waals surface area contributed by atoms with E-state index in [0.29, 0.717) is 13.1 Å². The fourth-order valence-corrected chi connectivity index (χ4v) is 1.39. The molecule has 1 aromatic carbocycles. The van der Waals surface area contributed by atoms with Crippen molar-refractivity contribution in [2.24, 2.45) is 5.73 Å². The number of anilines is 1. The van der Waals surface area contributed by atoms with Crippen LogP contribution in [0.1, 0.15) is 12.5 Å². The molecule has 0 aliphatic heterocycles. The number of carbonyl (C=O) groups is 1. The molecule has 0 aromatic heterocycles. The van der Waals surface area contributed by atoms with Crippen molar-refractivity contribution < 1.29 is 4.79 Å². The van der Waals surface area contributed by atoms with E-state index < -0.39 is 0 Å². The van der Waals surface area contributed by atoms with Gasteiger partial charge in [0.15, 0.2) is 0 Å². The highest BCUT2D eigenvalue weighted by Gasteiger charge is 2.11. The van der Waals surface area contributed by atoms with E-state index >= 15 is 0 Å². The fraction of sp³-hybridized carbons (Fsp3) is 0.364. The van der Waals surface area contributed by atoms with Crippen LogP contribution in [0.3, 0.4) is 0 Å². The lowest BCUT2D eigenvalue weighted by Crippen LogP contribution is -2.37. The number of urea groups is 1. The Labute approximate surface area is 90.1 Å². The quantitative estimate of drug-likeness (QED) is 0.785. The zero-order valence-electron chi connectivity index (χ0n) is 9.16. The summed E-state index contributed by atoms with van der Waals surface area (Å²) in [5.74, 6) is 0. The number of para-hydroxylation sites is 1. The molecule has 82 valence electrons. The molecule has 0 spiro atoms. The van der Waals surface area contributed by atoms with Gasteiger partial charge in [0.25, 0.3) is 0 Å². The molecule has 0 fully saturated rings. The smallest absolute Gasteiger partial charge is 0.321 e. The Morgan fingerprint density at radius 1 is 1.47 bits per heavy atom. The highest BCUT2D eigenvalue weighted by atomic mass is 16.2. The molecule has 0 unspecified atom stereocenters. The fourth-order valence-electron chi connectivity index (χ4n) is 1.39. The molecule has 0 saturated carbocycles. The van der Waals surface area contributed by atoms with Gasteiger partial charge in [-0.15, -0.1) is 0 Å². The Bertz CT molecular complexity index is 338. The number of hydrogen-bond donors (Lipinski definition) is 2. The van der Waals surface area contributed by atoms with Gasteiger partial charge in [-0.25, -0.2) is 4.79 Å². The van der Waals surface area contributed by atoms with Crippen LogP contribution in [0.4, 0.5) is 10.5 Å². The molecule has 4 heteroatoms. The normalized spacial score (nSPS) is 9.80. The summed E-state index contributed by atoms with van der Waals surface area (Å²) >= 11 is 0. The van der Waals surface area contributed by atoms with E-state index in [1.165, 1.54) is 0 Å². The van der Waals surface area contributed by atoms with Gasteiger partial charge < -0.3 is 11.1 Å². The second kappa shape index (κ2) is 5.36. The Hall–Kier alpha value is -1.55. The first-order chi connectivity index (χ1) is 7.20. The maximum absolute atomic E-state index is 11.6. The van der Waals surface area contributed by atoms with Gasteiger partial charge >= 0.3 is 6.03 Å². The molecular formula is C11H17N3O. The van der Waals surface area contributed by atoms with Crippen molar-refractivity contribution in [1.29, 1.82) is 0 Å². The SMILES string of the molecule is CCNC(=O)N(C)c1ccccc1CN. The lowest BCUT2D eigenvalue weighted by atomic mass is 10.1. The third-order valence-corrected chi connectivity index (χ3v) is 2.21. The Morgan fingerprint density at radius 2 is 2.13 bits per heavy atom. The van der Waals surface area contributed by atoms with E-state index in [4.69, 9.17) is 5.73 Å². The number of carbonyl (C=O) groups excluding carboxylic acids is 1. The summed E-state index contributed by atoms with van der Waals surface area (Å²) in [6.07, 6.45) is 0. The molecule has 2 amide bonds. The van der Waals surface area contributed by atoms with Crippen LogP contribution in [-0.2, 0) is 6.54 Å². The van der Waals surface area contributed by atoms with Crippen molar-refractivity contribution >= 4 is 11.7 Å². The van der Waals surface area contributed by atoms with Crippen LogP contribution < -0.4 is 16.0 Å². The van der Waals surface area contributed by atoms with Crippen molar-refractivity contribution in [3.05, 3.63) is 29.8 Å². The predicted molar refractivity (Wildman–Crippen MR) is 61.8 cm³/mol. The number of rotatable bonds is 3. The zero-order valence-corrected chi connectivity index (χ0v) is 9.16. The van der Waals surface area contributed by atoms with Gasteiger partial charge in [0.05, 0.1) is 0 Å². The van der Waals surface area contributed by atoms with Gasteiger partial charge in [0.2, 0.25) is 0 Å². The van der Waals surface area contributed by atoms with Crippen molar-refractivity contribution in [2.75, 3.05) is 18.5 Å². The summed E-state index contributed by atoms with van der Waals surface area (Å²) in [7, 11) is 1.74. The van der Waals surface area contributed by atoms with E-state index in [2.05, 4.69) is 5.32 Å². The second-order valence-corrected chi connectivity index (χ2v) is 3.23. The largest absolute Gasteiger partial charge is 0.338 e. The number of nitrogens with zero attached hydrogens (tertiary/aromatic N) is 1. The maximum atomic E-state index is 11.6. The second-order valence-electron chi connectivity index (χ2n) is 3.23. The molecule has 1 aromatic rings. The minimum atomic E-state index is -0.113. The summed E-state index contributed by atoms with van der Waals surface area (Å²) in [5, 5.41) is 2.74. The maximum Gasteiger partial charge on any atom is 0.321 e. The molecule has 0 atom stereocenters. The van der Waals surface area contributed by atoms with Gasteiger partial charge in [0.1, 0.15) is 0 Å². The first-order valence-corrected chi connectivity index (χ1v) is 5.00. The van der Waals surface area contributed by atoms with Crippen molar-refractivity contribution in [1.82, 2.24) is 5.32 Å². The van der Waals surface area contributed by atoms with E-state index in [1.54, 1.807) is 11.9 Å². The summed E-state index contributed by atoms with van der Waals surface area (Å²) in [6.45, 7) is 2.94. The molecule has 0 aliphatic carbocycles. The van der Waals surface area contributed by atoms with Crippen LogP contribution in [0, 0.1) is 0 Å². The van der Waals surface area contributed by atoms with Crippen LogP contribution in [0.5, 0.6) is 0 Å². The molecule has 0 bridgehead atoms. The zero-order chi connectivity index (χ0) is 11.3. The van der Waals surface area contributed by atoms with Crippen molar-refractivity contribution in [2.45, 2.75) is 13.5 Å². The van der Waals surface area contributed by atoms with E-state index in [9.17, 15) is 4.79 Å². The summed E-state index contributed by atoms with van der Waals surface area (Å²) in [4.78, 5) is 13.2. The van der Waals surface area contributed by atoms with Gasteiger partial charge in [-0.3, -0.25) is 4.90 Å². The number of nitrogens with one attached hydrogen (secondary N) is 1. The van der Waals surface area contributed by atoms with Crippen LogP contribution >= 0.6 is 0 Å². The third-order valence-electron chi connectivity index (χ3n) is 2.21. The van der Waals surface area contributed by atoms with Crippen molar-refractivity contribution in [3.63, 3.8) is 0 Å². The number of nitrogens with two attached hydrogens (primary N) is 1. The summed E-state index contributed by atoms with van der Waals surface area (Å²) in [5.41, 5.74) is 7.42. The third kappa shape index (κ3) is 2.70. The van der Waals surface area contributed by atoms with E-state index in [-0.39, 0.29) is 6.03 Å². The van der Waals surface area contributed by atoms with Gasteiger partial charge in [-0.05, 0) is 18.6 Å². The molecular weight excluding hydrogens is 190 g/mol. The molecule has 15 heavy (non-hydrogen) atoms. The molecule has 0 radical (unpaired) electrons. The lowest BCUT2D eigenvalue weighted by molar-refractivity contribution is 0.248. The standard InChI is InChI=1S/C11H17N3O/c1-3-13-11(15)14(2)10-7-5-4-6-9(10)8-12/h4-7H,3,8,12H2,1-2H3,(H,13,15). The highest BCUT2D eigenvalue weighted by molar-refractivity contribution is 5.92. The lowest BCUT2D eigenvalue weighted by Gasteiger charge is -2.20. The Balaban J connectivity index is 2.89. The topological polar surface area (TPSA) is 58.4 Å². The minimum absolute atomic E-state index is 0.113. The minimum Gasteiger partial charge on any atom is -0.338 e. The number of amides is 2. The Morgan fingerprint density at radius 3 is 2.73 bits per heavy atom. The van der Waals surface area contributed by atoms with Gasteiger partial charge in [-0.2, -0.15) is 0 Å². The van der Waals surface area contributed by atoms with Gasteiger partial charge in [0, 0.05) is 25.8 Å². The van der Waals surface area contributed by atoms with Crippen LogP contribution in [0.2, 0.25) is 0 Å². The average molecular weight is 207 g/mol. The van der Waals surface area contributed by atoms with E-state index in [1.807, 2.05) is 31.2 Å². The number of hydrogen-bond acceptors (Lipinski definition) is 2. The number of benzene rings is 1. The summed E-state index contributed by atoms with van der Waals surface area (Å²) < 4.78 is 0. The van der Waals surface area contributed by atoms with Gasteiger partial charge in [-0.1, -0.05) is 18.2 Å². The van der Waals surface area contributed by atoms with Crippen LogP contribution in [0.15, 0.2) is 24.3 Å². The summed E-state index contributed by atoms with van der Waals surface area (Å²) in [6, 6.07) is 7.50. The molecule has 4 nitrogen and oxygen atoms in total. The molecule has 0 heterocycles. The predicted octanol–water partition coefficient (Wildman–Crippen LogP) is 1.31. The average Bonchev–Trinajstić information content (AvgIpc) is 2.28. The van der Waals surface area contributed by atoms with Crippen LogP contribution in [-0.4, -0.2) is 19.6 Å².